The number of halogens is 6. The molecule has 0 radical (unpaired) electrons. The summed E-state index contributed by atoms with van der Waals surface area (Å²) in [4.78, 5) is 69.3. The van der Waals surface area contributed by atoms with Gasteiger partial charge in [-0.15, -0.1) is 0 Å². The first kappa shape index (κ1) is 65.7. The monoisotopic (exact) mass is 1200 g/mol. The molecule has 2 aliphatic rings. The molecule has 0 aromatic carbocycles. The van der Waals surface area contributed by atoms with Gasteiger partial charge in [0.1, 0.15) is 11.6 Å². The fourth-order valence-electron chi connectivity index (χ4n) is 12.0. The Kier molecular flexibility index (Phi) is 20.5. The molecule has 86 heavy (non-hydrogen) atoms. The van der Waals surface area contributed by atoms with E-state index in [1.165, 1.54) is 4.90 Å². The van der Waals surface area contributed by atoms with Gasteiger partial charge < -0.3 is 44.1 Å². The topological polar surface area (TPSA) is 212 Å². The molecule has 0 bridgehead atoms. The molecule has 24 heteroatoms. The zero-order valence-corrected chi connectivity index (χ0v) is 49.6. The van der Waals surface area contributed by atoms with Crippen molar-refractivity contribution in [3.63, 3.8) is 0 Å². The number of H-pyrrole nitrogens is 2. The van der Waals surface area contributed by atoms with Crippen molar-refractivity contribution in [2.75, 3.05) is 45.8 Å². The molecule has 2 fully saturated rings. The minimum absolute atomic E-state index is 0. The molecule has 18 nitrogen and oxygen atoms in total. The summed E-state index contributed by atoms with van der Waals surface area (Å²) in [5.74, 6) is -0.133. The zero-order chi connectivity index (χ0) is 62.0. The Morgan fingerprint density at radius 1 is 0.674 bits per heavy atom. The highest BCUT2D eigenvalue weighted by molar-refractivity contribution is 5.97. The number of imidazole rings is 2. The maximum absolute atomic E-state index is 13.6. The van der Waals surface area contributed by atoms with Crippen LogP contribution in [-0.2, 0) is 27.2 Å². The summed E-state index contributed by atoms with van der Waals surface area (Å²) in [5, 5.41) is 12.7. The summed E-state index contributed by atoms with van der Waals surface area (Å²) < 4.78 is 85.1. The number of hydrogen-bond donors (Lipinski definition) is 5. The average Bonchev–Trinajstić information content (AvgIpc) is 1.59. The van der Waals surface area contributed by atoms with Crippen molar-refractivity contribution < 1.29 is 41.0 Å². The number of carboxylic acid groups (broad SMARTS) is 1. The van der Waals surface area contributed by atoms with Crippen LogP contribution in [0.1, 0.15) is 129 Å². The Morgan fingerprint density at radius 2 is 1.13 bits per heavy atom. The van der Waals surface area contributed by atoms with Crippen LogP contribution in [0.5, 0.6) is 0 Å². The number of likely N-dealkylation sites (tertiary alicyclic amines) is 1. The van der Waals surface area contributed by atoms with E-state index in [0.29, 0.717) is 80.9 Å². The minimum Gasteiger partial charge on any atom is -0.478 e. The lowest BCUT2D eigenvalue weighted by atomic mass is 9.91. The van der Waals surface area contributed by atoms with Crippen LogP contribution < -0.4 is 22.2 Å². The lowest BCUT2D eigenvalue weighted by Crippen LogP contribution is -2.49. The van der Waals surface area contributed by atoms with E-state index in [2.05, 4.69) is 39.5 Å². The Morgan fingerprint density at radius 3 is 1.55 bits per heavy atom. The third kappa shape index (κ3) is 15.1. The van der Waals surface area contributed by atoms with Gasteiger partial charge in [-0.1, -0.05) is 7.43 Å². The number of rotatable bonds is 13. The number of aromatic nitrogens is 8. The number of aromatic carboxylic acids is 1. The highest BCUT2D eigenvalue weighted by Gasteiger charge is 2.36. The standard InChI is InChI=1S/C31H37F3N6O2.C22H26F3N5O2.C8H12N2O.CH4/c1-18-12-19(2)37-30(42)26(18)16-36-29(41)25-14-24-13-23(28-35-8-11-38(28)5)17-40(24)27(20(25)3)21(4)39-9-6-22(7-10-39)15-31(32,33)34;1-14-18(21(31)32)11-17-10-16(20-26-4-5-27(20)3)12-30(17)19(14)15(2)29-8-6-28(7-9-29)13-22(23,24)25;1-5-3-6(2)10-8(11)7(5)4-9;/h8,11-14,17,21-22H,6-7,9-10,15-16H2,1-5H3,(H,36,41)(H,37,42);4-5,10-12,15H,6-9,13H2,1-3H3,(H,31,32);3H,4,9H2,1-2H3,(H,10,11);1H4. The molecule has 8 aromatic heterocycles. The van der Waals surface area contributed by atoms with Crippen LogP contribution in [0, 0.1) is 47.5 Å². The Bertz CT molecular complexity index is 3830. The van der Waals surface area contributed by atoms with Crippen LogP contribution in [0.3, 0.4) is 0 Å². The van der Waals surface area contributed by atoms with E-state index in [0.717, 1.165) is 73.3 Å². The molecule has 464 valence electrons. The number of amides is 1. The van der Waals surface area contributed by atoms with Crippen molar-refractivity contribution in [2.45, 2.75) is 120 Å². The Hall–Kier alpha value is -7.80. The second-order valence-electron chi connectivity index (χ2n) is 22.6. The molecule has 10 rings (SSSR count). The first-order chi connectivity index (χ1) is 40.0. The summed E-state index contributed by atoms with van der Waals surface area (Å²) in [6.07, 6.45) is 2.92. The largest absolute Gasteiger partial charge is 0.478 e. The molecule has 2 saturated heterocycles. The third-order valence-corrected chi connectivity index (χ3v) is 16.5. The van der Waals surface area contributed by atoms with Gasteiger partial charge in [-0.3, -0.25) is 29.1 Å². The van der Waals surface area contributed by atoms with Gasteiger partial charge in [-0.2, -0.15) is 26.3 Å². The molecular formula is C62H79F6N13O5. The second-order valence-corrected chi connectivity index (χ2v) is 22.6. The van der Waals surface area contributed by atoms with Gasteiger partial charge >= 0.3 is 18.3 Å². The Labute approximate surface area is 495 Å². The van der Waals surface area contributed by atoms with Gasteiger partial charge in [0.2, 0.25) is 0 Å². The van der Waals surface area contributed by atoms with Crippen LogP contribution >= 0.6 is 0 Å². The summed E-state index contributed by atoms with van der Waals surface area (Å²) in [5.41, 5.74) is 16.8. The van der Waals surface area contributed by atoms with Crippen LogP contribution in [0.25, 0.3) is 33.8 Å². The molecule has 2 unspecified atom stereocenters. The quantitative estimate of drug-likeness (QED) is 0.0686. The van der Waals surface area contributed by atoms with Crippen molar-refractivity contribution in [3.8, 4) is 22.8 Å². The van der Waals surface area contributed by atoms with Crippen molar-refractivity contribution >= 4 is 22.9 Å². The maximum Gasteiger partial charge on any atom is 0.401 e. The van der Waals surface area contributed by atoms with E-state index in [4.69, 9.17) is 5.73 Å². The number of aryl methyl sites for hydroxylation is 6. The predicted octanol–water partition coefficient (Wildman–Crippen LogP) is 10.3. The average molecular weight is 1200 g/mol. The van der Waals surface area contributed by atoms with Gasteiger partial charge in [0.05, 0.1) is 12.1 Å². The fourth-order valence-corrected chi connectivity index (χ4v) is 12.0. The molecule has 2 atom stereocenters. The van der Waals surface area contributed by atoms with E-state index in [-0.39, 0.29) is 54.6 Å². The SMILES string of the molecule is C.Cc1c(C(=O)O)cc2cc(-c3nccn3C)cn2c1C(C)N1CCN(CC(F)(F)F)CC1.Cc1cc(C)c(CN)c(=O)[nH]1.Cc1cc(C)c(CNC(=O)c2cc3cc(-c4nccn4C)cn3c(C(C)N3CCC(CC(F)(F)F)CC3)c2C)c(=O)[nH]1. The minimum atomic E-state index is -4.21. The van der Waals surface area contributed by atoms with Crippen LogP contribution in [0.2, 0.25) is 0 Å². The lowest BCUT2D eigenvalue weighted by molar-refractivity contribution is -0.150. The summed E-state index contributed by atoms with van der Waals surface area (Å²) in [6, 6.07) is 10.9. The molecule has 0 aliphatic carbocycles. The van der Waals surface area contributed by atoms with E-state index in [1.807, 2.05) is 131 Å². The smallest absolute Gasteiger partial charge is 0.401 e. The molecule has 1 amide bonds. The number of fused-ring (bicyclic) bond motifs is 2. The number of carbonyl (C=O) groups is 2. The lowest BCUT2D eigenvalue weighted by Gasteiger charge is -2.39. The molecule has 6 N–H and O–H groups in total. The van der Waals surface area contributed by atoms with Crippen molar-refractivity contribution in [1.29, 1.82) is 0 Å². The number of nitrogens with two attached hydrogens (primary N) is 1. The van der Waals surface area contributed by atoms with Gasteiger partial charge in [0.15, 0.2) is 0 Å². The number of piperazine rings is 1. The van der Waals surface area contributed by atoms with Crippen LogP contribution in [0.4, 0.5) is 26.3 Å². The number of piperidine rings is 1. The number of nitrogens with zero attached hydrogens (tertiary/aromatic N) is 9. The number of carboxylic acids is 1. The molecule has 0 spiro atoms. The van der Waals surface area contributed by atoms with Crippen molar-refractivity contribution in [3.05, 3.63) is 162 Å². The van der Waals surface area contributed by atoms with E-state index < -0.39 is 31.3 Å². The number of nitrogens with one attached hydrogen (secondary N) is 3. The van der Waals surface area contributed by atoms with Crippen molar-refractivity contribution in [1.82, 2.24) is 57.9 Å². The highest BCUT2D eigenvalue weighted by atomic mass is 19.4. The summed E-state index contributed by atoms with van der Waals surface area (Å²) in [7, 11) is 3.81. The summed E-state index contributed by atoms with van der Waals surface area (Å²) >= 11 is 0. The van der Waals surface area contributed by atoms with E-state index >= 15 is 0 Å². The number of carbonyl (C=O) groups excluding carboxylic acids is 1. The fraction of sp³-hybridized carbons (Fsp3) is 0.452. The Balaban J connectivity index is 0.000000212. The van der Waals surface area contributed by atoms with Crippen LogP contribution in [0.15, 0.2) is 83.2 Å². The molecule has 0 saturated carbocycles. The van der Waals surface area contributed by atoms with Gasteiger partial charge in [-0.05, 0) is 146 Å². The van der Waals surface area contributed by atoms with Crippen LogP contribution in [-0.4, -0.2) is 128 Å². The number of aromatic amines is 2. The van der Waals surface area contributed by atoms with E-state index in [1.54, 1.807) is 25.4 Å². The number of pyridine rings is 4. The van der Waals surface area contributed by atoms with Gasteiger partial charge in [0.25, 0.3) is 17.0 Å². The molecule has 10 heterocycles. The summed E-state index contributed by atoms with van der Waals surface area (Å²) in [6.45, 7) is 17.3. The van der Waals surface area contributed by atoms with Gasteiger partial charge in [-0.25, -0.2) is 14.8 Å². The zero-order valence-electron chi connectivity index (χ0n) is 49.6. The maximum atomic E-state index is 13.6. The predicted molar refractivity (Wildman–Crippen MR) is 320 cm³/mol. The first-order valence-corrected chi connectivity index (χ1v) is 28.2. The molecular weight excluding hydrogens is 1120 g/mol. The third-order valence-electron chi connectivity index (χ3n) is 16.5. The van der Waals surface area contributed by atoms with Crippen molar-refractivity contribution in [2.24, 2.45) is 25.7 Å². The molecule has 8 aromatic rings. The highest BCUT2D eigenvalue weighted by Crippen LogP contribution is 2.37. The molecule has 2 aliphatic heterocycles. The van der Waals surface area contributed by atoms with E-state index in [9.17, 15) is 50.6 Å². The second kappa shape index (κ2) is 26.9. The number of alkyl halides is 6. The van der Waals surface area contributed by atoms with Gasteiger partial charge in [0, 0.05) is 171 Å². The normalized spacial score (nSPS) is 15.4. The first-order valence-electron chi connectivity index (χ1n) is 28.2. The number of hydrogen-bond acceptors (Lipinski definition) is 10.